The summed E-state index contributed by atoms with van der Waals surface area (Å²) in [7, 11) is 1.58. The van der Waals surface area contributed by atoms with Gasteiger partial charge >= 0.3 is 0 Å². The van der Waals surface area contributed by atoms with E-state index in [1.54, 1.807) is 31.4 Å². The number of carbonyl (C=O) groups excluding carboxylic acids is 1. The highest BCUT2D eigenvalue weighted by Crippen LogP contribution is 2.23. The summed E-state index contributed by atoms with van der Waals surface area (Å²) < 4.78 is 11.6. The number of halogens is 2. The molecule has 0 aliphatic rings. The van der Waals surface area contributed by atoms with Gasteiger partial charge in [-0.1, -0.05) is 27.5 Å². The molecule has 0 amide bonds. The van der Waals surface area contributed by atoms with E-state index in [9.17, 15) is 4.79 Å². The molecule has 2 aromatic rings. The summed E-state index contributed by atoms with van der Waals surface area (Å²) in [6.07, 6.45) is 0.260. The van der Waals surface area contributed by atoms with Crippen LogP contribution in [0.3, 0.4) is 0 Å². The Bertz CT molecular complexity index is 626. The number of ketones is 1. The van der Waals surface area contributed by atoms with Gasteiger partial charge in [0.25, 0.3) is 0 Å². The van der Waals surface area contributed by atoms with Crippen LogP contribution in [-0.2, 0) is 11.2 Å². The Morgan fingerprint density at radius 1 is 1.19 bits per heavy atom. The second-order valence-corrected chi connectivity index (χ2v) is 5.77. The lowest BCUT2D eigenvalue weighted by molar-refractivity contribution is -0.120. The van der Waals surface area contributed by atoms with E-state index in [0.29, 0.717) is 16.5 Å². The van der Waals surface area contributed by atoms with Crippen LogP contribution in [0.5, 0.6) is 11.5 Å². The largest absolute Gasteiger partial charge is 0.496 e. The van der Waals surface area contributed by atoms with Gasteiger partial charge in [0.05, 0.1) is 7.11 Å². The van der Waals surface area contributed by atoms with Crippen LogP contribution in [0, 0.1) is 0 Å². The highest BCUT2D eigenvalue weighted by atomic mass is 79.9. The summed E-state index contributed by atoms with van der Waals surface area (Å²) >= 11 is 9.18. The quantitative estimate of drug-likeness (QED) is 0.761. The minimum absolute atomic E-state index is 0.0112. The minimum Gasteiger partial charge on any atom is -0.496 e. The van der Waals surface area contributed by atoms with Crippen molar-refractivity contribution in [2.24, 2.45) is 0 Å². The van der Waals surface area contributed by atoms with Crippen molar-refractivity contribution in [3.63, 3.8) is 0 Å². The van der Waals surface area contributed by atoms with Crippen LogP contribution < -0.4 is 9.47 Å². The number of Topliss-reactive ketones (excluding diaryl/α,β-unsaturated/α-hetero) is 1. The van der Waals surface area contributed by atoms with Crippen LogP contribution in [0.2, 0.25) is 5.02 Å². The standard InChI is InChI=1S/C16H14BrClO3/c1-20-16-7-2-12(17)8-11(16)9-14(19)10-21-15-5-3-13(18)4-6-15/h2-8H,9-10H2,1H3. The Labute approximate surface area is 137 Å². The van der Waals surface area contributed by atoms with Gasteiger partial charge in [-0.3, -0.25) is 4.79 Å². The highest BCUT2D eigenvalue weighted by Gasteiger charge is 2.10. The van der Waals surface area contributed by atoms with Gasteiger partial charge in [-0.05, 0) is 42.5 Å². The average molecular weight is 370 g/mol. The molecule has 3 nitrogen and oxygen atoms in total. The SMILES string of the molecule is COc1ccc(Br)cc1CC(=O)COc1ccc(Cl)cc1. The summed E-state index contributed by atoms with van der Waals surface area (Å²) in [6.45, 7) is 0.0112. The van der Waals surface area contributed by atoms with Crippen molar-refractivity contribution >= 4 is 33.3 Å². The van der Waals surface area contributed by atoms with E-state index < -0.39 is 0 Å². The molecule has 0 atom stereocenters. The number of benzene rings is 2. The first kappa shape index (κ1) is 15.9. The first-order valence-electron chi connectivity index (χ1n) is 6.31. The van der Waals surface area contributed by atoms with E-state index >= 15 is 0 Å². The molecule has 0 N–H and O–H groups in total. The lowest BCUT2D eigenvalue weighted by Crippen LogP contribution is -2.14. The molecule has 110 valence electrons. The van der Waals surface area contributed by atoms with Crippen molar-refractivity contribution in [1.82, 2.24) is 0 Å². The molecule has 0 saturated carbocycles. The Morgan fingerprint density at radius 3 is 2.57 bits per heavy atom. The maximum absolute atomic E-state index is 12.0. The van der Waals surface area contributed by atoms with Gasteiger partial charge in [0, 0.05) is 21.5 Å². The molecule has 2 rings (SSSR count). The van der Waals surface area contributed by atoms with E-state index in [4.69, 9.17) is 21.1 Å². The molecule has 0 spiro atoms. The van der Waals surface area contributed by atoms with Crippen molar-refractivity contribution in [2.75, 3.05) is 13.7 Å². The van der Waals surface area contributed by atoms with Gasteiger partial charge in [0.2, 0.25) is 0 Å². The number of hydrogen-bond acceptors (Lipinski definition) is 3. The first-order chi connectivity index (χ1) is 10.1. The van der Waals surface area contributed by atoms with Gasteiger partial charge in [-0.2, -0.15) is 0 Å². The monoisotopic (exact) mass is 368 g/mol. The van der Waals surface area contributed by atoms with Gasteiger partial charge in [0.1, 0.15) is 18.1 Å². The smallest absolute Gasteiger partial charge is 0.174 e. The summed E-state index contributed by atoms with van der Waals surface area (Å²) in [4.78, 5) is 12.0. The maximum Gasteiger partial charge on any atom is 0.174 e. The molecular formula is C16H14BrClO3. The maximum atomic E-state index is 12.0. The molecule has 0 fully saturated rings. The number of hydrogen-bond donors (Lipinski definition) is 0. The minimum atomic E-state index is -0.0265. The van der Waals surface area contributed by atoms with Crippen LogP contribution in [-0.4, -0.2) is 19.5 Å². The molecule has 21 heavy (non-hydrogen) atoms. The molecule has 0 aliphatic heterocycles. The fraction of sp³-hybridized carbons (Fsp3) is 0.188. The summed E-state index contributed by atoms with van der Waals surface area (Å²) in [5.41, 5.74) is 0.830. The Hall–Kier alpha value is -1.52. The third-order valence-corrected chi connectivity index (χ3v) is 3.59. The normalized spacial score (nSPS) is 10.2. The number of carbonyl (C=O) groups is 1. The van der Waals surface area contributed by atoms with Gasteiger partial charge < -0.3 is 9.47 Å². The molecule has 0 heterocycles. The van der Waals surface area contributed by atoms with Gasteiger partial charge in [-0.25, -0.2) is 0 Å². The van der Waals surface area contributed by atoms with Gasteiger partial charge in [0.15, 0.2) is 5.78 Å². The third-order valence-electron chi connectivity index (χ3n) is 2.84. The van der Waals surface area contributed by atoms with Crippen LogP contribution in [0.25, 0.3) is 0 Å². The second-order valence-electron chi connectivity index (χ2n) is 4.41. The summed E-state index contributed by atoms with van der Waals surface area (Å²) in [5.74, 6) is 1.29. The molecular weight excluding hydrogens is 356 g/mol. The number of rotatable bonds is 6. The van der Waals surface area contributed by atoms with Crippen molar-refractivity contribution in [1.29, 1.82) is 0 Å². The Morgan fingerprint density at radius 2 is 1.90 bits per heavy atom. The predicted octanol–water partition coefficient (Wildman–Crippen LogP) is 4.30. The van der Waals surface area contributed by atoms with E-state index in [0.717, 1.165) is 10.0 Å². The van der Waals surface area contributed by atoms with E-state index in [-0.39, 0.29) is 18.8 Å². The zero-order valence-corrected chi connectivity index (χ0v) is 13.8. The van der Waals surface area contributed by atoms with E-state index in [1.807, 2.05) is 18.2 Å². The van der Waals surface area contributed by atoms with E-state index in [2.05, 4.69) is 15.9 Å². The molecule has 0 aliphatic carbocycles. The number of ether oxygens (including phenoxy) is 2. The lowest BCUT2D eigenvalue weighted by Gasteiger charge is -2.09. The Balaban J connectivity index is 1.95. The van der Waals surface area contributed by atoms with E-state index in [1.165, 1.54) is 0 Å². The molecule has 0 aromatic heterocycles. The topological polar surface area (TPSA) is 35.5 Å². The zero-order chi connectivity index (χ0) is 15.2. The fourth-order valence-electron chi connectivity index (χ4n) is 1.84. The molecule has 0 bridgehead atoms. The lowest BCUT2D eigenvalue weighted by atomic mass is 10.1. The summed E-state index contributed by atoms with van der Waals surface area (Å²) in [5, 5.41) is 0.632. The van der Waals surface area contributed by atoms with Crippen LogP contribution in [0.4, 0.5) is 0 Å². The fourth-order valence-corrected chi connectivity index (χ4v) is 2.38. The van der Waals surface area contributed by atoms with Crippen LogP contribution >= 0.6 is 27.5 Å². The van der Waals surface area contributed by atoms with Crippen molar-refractivity contribution in [2.45, 2.75) is 6.42 Å². The second kappa shape index (κ2) is 7.48. The molecule has 2 aromatic carbocycles. The third kappa shape index (κ3) is 4.76. The predicted molar refractivity (Wildman–Crippen MR) is 86.4 cm³/mol. The number of methoxy groups -OCH3 is 1. The average Bonchev–Trinajstić information content (AvgIpc) is 2.47. The Kier molecular flexibility index (Phi) is 5.65. The highest BCUT2D eigenvalue weighted by molar-refractivity contribution is 9.10. The molecule has 0 saturated heterocycles. The summed E-state index contributed by atoms with van der Waals surface area (Å²) in [6, 6.07) is 12.5. The zero-order valence-electron chi connectivity index (χ0n) is 11.4. The molecule has 0 radical (unpaired) electrons. The molecule has 0 unspecified atom stereocenters. The molecule has 5 heteroatoms. The van der Waals surface area contributed by atoms with Gasteiger partial charge in [-0.15, -0.1) is 0 Å². The van der Waals surface area contributed by atoms with Crippen LogP contribution in [0.15, 0.2) is 46.9 Å². The van der Waals surface area contributed by atoms with Crippen LogP contribution in [0.1, 0.15) is 5.56 Å². The first-order valence-corrected chi connectivity index (χ1v) is 7.48. The van der Waals surface area contributed by atoms with Crippen molar-refractivity contribution in [3.05, 3.63) is 57.5 Å². The van der Waals surface area contributed by atoms with Crippen molar-refractivity contribution in [3.8, 4) is 11.5 Å². The van der Waals surface area contributed by atoms with Crippen molar-refractivity contribution < 1.29 is 14.3 Å².